The number of piperazine rings is 1. The fraction of sp³-hybridized carbons (Fsp3) is 0.654. The van der Waals surface area contributed by atoms with Gasteiger partial charge in [-0.1, -0.05) is 19.1 Å². The fourth-order valence-electron chi connectivity index (χ4n) is 5.14. The van der Waals surface area contributed by atoms with Crippen molar-refractivity contribution in [3.63, 3.8) is 0 Å². The number of carbonyl (C=O) groups is 1. The molecule has 0 spiro atoms. The molecule has 170 valence electrons. The van der Waals surface area contributed by atoms with Crippen molar-refractivity contribution in [3.05, 3.63) is 41.7 Å². The van der Waals surface area contributed by atoms with Crippen molar-refractivity contribution >= 4 is 11.6 Å². The third-order valence-electron chi connectivity index (χ3n) is 7.25. The molecule has 0 atom stereocenters. The van der Waals surface area contributed by atoms with Gasteiger partial charge in [0, 0.05) is 37.9 Å². The molecule has 1 saturated heterocycles. The van der Waals surface area contributed by atoms with Gasteiger partial charge < -0.3 is 15.0 Å². The van der Waals surface area contributed by atoms with Crippen LogP contribution >= 0.6 is 0 Å². The molecule has 5 nitrogen and oxygen atoms in total. The molecule has 31 heavy (non-hydrogen) atoms. The van der Waals surface area contributed by atoms with Crippen LogP contribution in [0.25, 0.3) is 0 Å². The molecule has 1 aromatic carbocycles. The minimum atomic E-state index is -0.00880. The van der Waals surface area contributed by atoms with Crippen LogP contribution in [-0.4, -0.2) is 56.2 Å². The van der Waals surface area contributed by atoms with Crippen molar-refractivity contribution in [2.24, 2.45) is 5.92 Å². The zero-order valence-electron chi connectivity index (χ0n) is 19.2. The number of anilines is 1. The Morgan fingerprint density at radius 2 is 1.94 bits per heavy atom. The van der Waals surface area contributed by atoms with Crippen LogP contribution in [-0.2, 0) is 16.0 Å². The second kappa shape index (κ2) is 11.0. The Morgan fingerprint density at radius 1 is 1.13 bits per heavy atom. The van der Waals surface area contributed by atoms with Crippen LogP contribution in [0.15, 0.2) is 36.1 Å². The molecule has 4 rings (SSSR count). The second-order valence-electron chi connectivity index (χ2n) is 9.39. The number of ether oxygens (including phenoxy) is 1. The standard InChI is InChI=1S/C26H39N3O2/c1-2-21-6-5-7-24(20-21)29-17-15-28(16-18-29)14-13-22-9-11-23(12-10-22)27-26(30)25-8-3-4-19-31-25/h5-8,20,22-23H,2-4,9-19H2,1H3,(H,27,30). The minimum absolute atomic E-state index is 0.00880. The summed E-state index contributed by atoms with van der Waals surface area (Å²) in [6, 6.07) is 9.34. The van der Waals surface area contributed by atoms with Crippen LogP contribution < -0.4 is 10.2 Å². The minimum Gasteiger partial charge on any atom is -0.488 e. The average molecular weight is 426 g/mol. The van der Waals surface area contributed by atoms with E-state index in [0.717, 1.165) is 64.2 Å². The second-order valence-corrected chi connectivity index (χ2v) is 9.39. The van der Waals surface area contributed by atoms with Crippen LogP contribution in [0, 0.1) is 5.92 Å². The van der Waals surface area contributed by atoms with E-state index >= 15 is 0 Å². The maximum atomic E-state index is 12.3. The summed E-state index contributed by atoms with van der Waals surface area (Å²) in [7, 11) is 0. The van der Waals surface area contributed by atoms with E-state index in [1.807, 2.05) is 6.08 Å². The summed E-state index contributed by atoms with van der Waals surface area (Å²) in [4.78, 5) is 17.5. The molecule has 0 radical (unpaired) electrons. The van der Waals surface area contributed by atoms with Crippen molar-refractivity contribution in [3.8, 4) is 0 Å². The first-order chi connectivity index (χ1) is 15.2. The molecule has 2 fully saturated rings. The van der Waals surface area contributed by atoms with E-state index in [2.05, 4.69) is 46.3 Å². The van der Waals surface area contributed by atoms with Gasteiger partial charge in [-0.15, -0.1) is 0 Å². The lowest BCUT2D eigenvalue weighted by atomic mass is 9.84. The Hall–Kier alpha value is -2.01. The lowest BCUT2D eigenvalue weighted by Gasteiger charge is -2.37. The number of rotatable bonds is 7. The number of nitrogens with zero attached hydrogens (tertiary/aromatic N) is 2. The van der Waals surface area contributed by atoms with Gasteiger partial charge in [0.15, 0.2) is 5.76 Å². The van der Waals surface area contributed by atoms with Gasteiger partial charge in [0.2, 0.25) is 0 Å². The first kappa shape index (κ1) is 22.2. The molecule has 3 aliphatic rings. The molecule has 0 aromatic heterocycles. The van der Waals surface area contributed by atoms with Crippen LogP contribution in [0.3, 0.4) is 0 Å². The summed E-state index contributed by atoms with van der Waals surface area (Å²) in [6.45, 7) is 8.69. The van der Waals surface area contributed by atoms with E-state index in [9.17, 15) is 4.79 Å². The number of amides is 1. The maximum absolute atomic E-state index is 12.3. The van der Waals surface area contributed by atoms with Crippen LogP contribution in [0.5, 0.6) is 0 Å². The van der Waals surface area contributed by atoms with E-state index in [1.54, 1.807) is 0 Å². The Bertz CT molecular complexity index is 747. The molecule has 1 saturated carbocycles. The molecule has 1 amide bonds. The van der Waals surface area contributed by atoms with Gasteiger partial charge in [-0.25, -0.2) is 0 Å². The highest BCUT2D eigenvalue weighted by molar-refractivity contribution is 5.91. The van der Waals surface area contributed by atoms with Gasteiger partial charge in [-0.2, -0.15) is 0 Å². The summed E-state index contributed by atoms with van der Waals surface area (Å²) in [5.41, 5.74) is 2.81. The number of hydrogen-bond acceptors (Lipinski definition) is 4. The fourth-order valence-corrected chi connectivity index (χ4v) is 5.14. The van der Waals surface area contributed by atoms with Crippen molar-refractivity contribution < 1.29 is 9.53 Å². The summed E-state index contributed by atoms with van der Waals surface area (Å²) < 4.78 is 5.50. The first-order valence-corrected chi connectivity index (χ1v) is 12.4. The predicted molar refractivity (Wildman–Crippen MR) is 126 cm³/mol. The van der Waals surface area contributed by atoms with Crippen molar-refractivity contribution in [2.45, 2.75) is 64.3 Å². The van der Waals surface area contributed by atoms with E-state index in [1.165, 1.54) is 37.1 Å². The average Bonchev–Trinajstić information content (AvgIpc) is 2.84. The Morgan fingerprint density at radius 3 is 2.65 bits per heavy atom. The van der Waals surface area contributed by atoms with Gasteiger partial charge >= 0.3 is 0 Å². The molecule has 2 heterocycles. The van der Waals surface area contributed by atoms with E-state index in [4.69, 9.17) is 4.74 Å². The SMILES string of the molecule is CCc1cccc(N2CCN(CCC3CCC(NC(=O)C4=CCCCO4)CC3)CC2)c1. The van der Waals surface area contributed by atoms with Gasteiger partial charge in [0.05, 0.1) is 6.61 Å². The van der Waals surface area contributed by atoms with E-state index in [0.29, 0.717) is 18.4 Å². The summed E-state index contributed by atoms with van der Waals surface area (Å²) in [6.07, 6.45) is 11.0. The molecule has 0 bridgehead atoms. The highest BCUT2D eigenvalue weighted by Crippen LogP contribution is 2.28. The quantitative estimate of drug-likeness (QED) is 0.713. The number of carbonyl (C=O) groups excluding carboxylic acids is 1. The Kier molecular flexibility index (Phi) is 7.90. The summed E-state index contributed by atoms with van der Waals surface area (Å²) in [5, 5.41) is 3.19. The highest BCUT2D eigenvalue weighted by Gasteiger charge is 2.25. The Balaban J connectivity index is 1.13. The third-order valence-corrected chi connectivity index (χ3v) is 7.25. The molecule has 0 unspecified atom stereocenters. The van der Waals surface area contributed by atoms with E-state index in [-0.39, 0.29) is 5.91 Å². The lowest BCUT2D eigenvalue weighted by Crippen LogP contribution is -2.47. The molecule has 2 aliphatic heterocycles. The molecule has 1 aromatic rings. The van der Waals surface area contributed by atoms with Crippen LogP contribution in [0.2, 0.25) is 0 Å². The van der Waals surface area contributed by atoms with Gasteiger partial charge in [-0.3, -0.25) is 9.69 Å². The molecular formula is C26H39N3O2. The summed E-state index contributed by atoms with van der Waals surface area (Å²) in [5.74, 6) is 1.33. The molecule has 1 aliphatic carbocycles. The monoisotopic (exact) mass is 425 g/mol. The normalized spacial score (nSPS) is 24.9. The third kappa shape index (κ3) is 6.25. The van der Waals surface area contributed by atoms with Crippen molar-refractivity contribution in [1.82, 2.24) is 10.2 Å². The van der Waals surface area contributed by atoms with Gasteiger partial charge in [0.25, 0.3) is 5.91 Å². The van der Waals surface area contributed by atoms with Crippen molar-refractivity contribution in [1.29, 1.82) is 0 Å². The molecular weight excluding hydrogens is 386 g/mol. The topological polar surface area (TPSA) is 44.8 Å². The number of aryl methyl sites for hydroxylation is 1. The largest absolute Gasteiger partial charge is 0.488 e. The zero-order valence-corrected chi connectivity index (χ0v) is 19.2. The predicted octanol–water partition coefficient (Wildman–Crippen LogP) is 4.13. The molecule has 5 heteroatoms. The summed E-state index contributed by atoms with van der Waals surface area (Å²) >= 11 is 0. The first-order valence-electron chi connectivity index (χ1n) is 12.4. The van der Waals surface area contributed by atoms with Crippen LogP contribution in [0.4, 0.5) is 5.69 Å². The number of hydrogen-bond donors (Lipinski definition) is 1. The highest BCUT2D eigenvalue weighted by atomic mass is 16.5. The number of nitrogens with one attached hydrogen (secondary N) is 1. The van der Waals surface area contributed by atoms with E-state index < -0.39 is 0 Å². The maximum Gasteiger partial charge on any atom is 0.286 e. The van der Waals surface area contributed by atoms with Gasteiger partial charge in [0.1, 0.15) is 0 Å². The zero-order chi connectivity index (χ0) is 21.5. The smallest absolute Gasteiger partial charge is 0.286 e. The molecule has 1 N–H and O–H groups in total. The van der Waals surface area contributed by atoms with Gasteiger partial charge in [-0.05, 0) is 87.6 Å². The van der Waals surface area contributed by atoms with Crippen LogP contribution in [0.1, 0.15) is 57.4 Å². The lowest BCUT2D eigenvalue weighted by molar-refractivity contribution is -0.122. The number of benzene rings is 1. The van der Waals surface area contributed by atoms with Crippen molar-refractivity contribution in [2.75, 3.05) is 44.2 Å². The Labute approximate surface area is 187 Å². The number of allylic oxidation sites excluding steroid dienone is 1.